The SMILES string of the molecule is CC(C)CCCCCCCCCCCCC(=O)O[C@H](COC(=O)CCCCCCCCCC(C)C)COP(=O)(O)OCC(O)COP(=O)(O)OC[C@@H](COC(=O)CCCCCCCCCCC(C)C)OC(=O)CCCCCCCCCC(C)C. The van der Waals surface area contributed by atoms with Gasteiger partial charge in [-0.05, 0) is 49.4 Å². The van der Waals surface area contributed by atoms with Crippen LogP contribution in [0.5, 0.6) is 0 Å². The largest absolute Gasteiger partial charge is 0.472 e. The second kappa shape index (κ2) is 55.2. The van der Waals surface area contributed by atoms with E-state index in [1.807, 2.05) is 0 Å². The molecule has 84 heavy (non-hydrogen) atoms. The second-order valence-corrected chi connectivity index (χ2v) is 28.3. The number of phosphoric ester groups is 2. The van der Waals surface area contributed by atoms with Crippen LogP contribution in [0, 0.1) is 23.7 Å². The highest BCUT2D eigenvalue weighted by Crippen LogP contribution is 2.45. The smallest absolute Gasteiger partial charge is 0.462 e. The average Bonchev–Trinajstić information content (AvgIpc) is 3.54. The molecule has 0 aromatic rings. The molecule has 498 valence electrons. The highest BCUT2D eigenvalue weighted by atomic mass is 31.2. The third-order valence-corrected chi connectivity index (χ3v) is 16.7. The van der Waals surface area contributed by atoms with Crippen LogP contribution in [-0.2, 0) is 65.4 Å². The maximum Gasteiger partial charge on any atom is 0.472 e. The minimum atomic E-state index is -4.95. The number of aliphatic hydroxyl groups excluding tert-OH is 1. The van der Waals surface area contributed by atoms with Crippen molar-refractivity contribution in [1.29, 1.82) is 0 Å². The topological polar surface area (TPSA) is 237 Å². The number of esters is 4. The van der Waals surface area contributed by atoms with Crippen molar-refractivity contribution in [2.24, 2.45) is 23.7 Å². The van der Waals surface area contributed by atoms with Crippen molar-refractivity contribution in [2.45, 2.75) is 331 Å². The number of carbonyl (C=O) groups is 4. The Kier molecular flexibility index (Phi) is 53.9. The van der Waals surface area contributed by atoms with Gasteiger partial charge in [-0.25, -0.2) is 9.13 Å². The highest BCUT2D eigenvalue weighted by Gasteiger charge is 2.30. The Morgan fingerprint density at radius 2 is 0.500 bits per heavy atom. The molecule has 0 saturated carbocycles. The molecule has 0 aliphatic carbocycles. The Morgan fingerprint density at radius 3 is 0.738 bits per heavy atom. The summed E-state index contributed by atoms with van der Waals surface area (Å²) in [4.78, 5) is 72.2. The van der Waals surface area contributed by atoms with E-state index in [0.717, 1.165) is 108 Å². The molecule has 0 saturated heterocycles. The average molecular weight is 1240 g/mol. The number of unbranched alkanes of at least 4 members (excludes halogenated alkanes) is 28. The summed E-state index contributed by atoms with van der Waals surface area (Å²) in [6.07, 6.45) is 35.0. The van der Waals surface area contributed by atoms with Gasteiger partial charge >= 0.3 is 39.5 Å². The van der Waals surface area contributed by atoms with E-state index in [1.54, 1.807) is 0 Å². The van der Waals surface area contributed by atoms with E-state index in [4.69, 9.17) is 37.0 Å². The van der Waals surface area contributed by atoms with E-state index in [-0.39, 0.29) is 25.7 Å². The van der Waals surface area contributed by atoms with E-state index in [2.05, 4.69) is 55.4 Å². The quantitative estimate of drug-likeness (QED) is 0.0222. The molecule has 0 aromatic heterocycles. The monoisotopic (exact) mass is 1240 g/mol. The Bertz CT molecular complexity index is 1680. The van der Waals surface area contributed by atoms with Gasteiger partial charge < -0.3 is 33.8 Å². The van der Waals surface area contributed by atoms with Crippen molar-refractivity contribution in [3.05, 3.63) is 0 Å². The number of phosphoric acid groups is 2. The van der Waals surface area contributed by atoms with Crippen molar-refractivity contribution in [1.82, 2.24) is 0 Å². The molecule has 17 nitrogen and oxygen atoms in total. The fourth-order valence-corrected chi connectivity index (χ4v) is 11.2. The molecule has 0 rings (SSSR count). The molecule has 3 unspecified atom stereocenters. The van der Waals surface area contributed by atoms with Gasteiger partial charge in [0.15, 0.2) is 12.2 Å². The minimum absolute atomic E-state index is 0.102. The van der Waals surface area contributed by atoms with Crippen molar-refractivity contribution in [2.75, 3.05) is 39.6 Å². The lowest BCUT2D eigenvalue weighted by Gasteiger charge is -2.21. The van der Waals surface area contributed by atoms with E-state index >= 15 is 0 Å². The second-order valence-electron chi connectivity index (χ2n) is 25.4. The Hall–Kier alpha value is -1.94. The van der Waals surface area contributed by atoms with Gasteiger partial charge in [-0.1, -0.05) is 261 Å². The minimum Gasteiger partial charge on any atom is -0.462 e. The molecule has 0 aliphatic rings. The van der Waals surface area contributed by atoms with Crippen LogP contribution in [0.25, 0.3) is 0 Å². The van der Waals surface area contributed by atoms with Gasteiger partial charge in [0.1, 0.15) is 19.3 Å². The number of hydrogen-bond donors (Lipinski definition) is 3. The fraction of sp³-hybridized carbons (Fsp3) is 0.938. The summed E-state index contributed by atoms with van der Waals surface area (Å²) in [5.74, 6) is 0.739. The van der Waals surface area contributed by atoms with Crippen LogP contribution in [0.15, 0.2) is 0 Å². The summed E-state index contributed by atoms with van der Waals surface area (Å²) in [5, 5.41) is 10.5. The van der Waals surface area contributed by atoms with Crippen LogP contribution < -0.4 is 0 Å². The van der Waals surface area contributed by atoms with Gasteiger partial charge in [-0.3, -0.25) is 37.3 Å². The van der Waals surface area contributed by atoms with Crippen LogP contribution in [0.2, 0.25) is 0 Å². The van der Waals surface area contributed by atoms with Crippen molar-refractivity contribution >= 4 is 39.5 Å². The lowest BCUT2D eigenvalue weighted by atomic mass is 10.0. The summed E-state index contributed by atoms with van der Waals surface area (Å²) in [7, 11) is -9.89. The van der Waals surface area contributed by atoms with E-state index in [0.29, 0.717) is 37.5 Å². The molecule has 0 heterocycles. The predicted molar refractivity (Wildman–Crippen MR) is 335 cm³/mol. The molecule has 0 bridgehead atoms. The number of aliphatic hydroxyl groups is 1. The van der Waals surface area contributed by atoms with Crippen LogP contribution >= 0.6 is 15.6 Å². The predicted octanol–water partition coefficient (Wildman–Crippen LogP) is 17.8. The van der Waals surface area contributed by atoms with Crippen molar-refractivity contribution < 1.29 is 80.2 Å². The molecule has 19 heteroatoms. The third-order valence-electron chi connectivity index (χ3n) is 14.8. The molecular formula is C65H126O17P2. The third kappa shape index (κ3) is 59.0. The zero-order valence-corrected chi connectivity index (χ0v) is 56.3. The normalized spacial score (nSPS) is 14.4. The molecule has 0 spiro atoms. The Morgan fingerprint density at radius 1 is 0.298 bits per heavy atom. The number of hydrogen-bond acceptors (Lipinski definition) is 15. The molecular weight excluding hydrogens is 1110 g/mol. The van der Waals surface area contributed by atoms with Crippen LogP contribution in [0.4, 0.5) is 0 Å². The van der Waals surface area contributed by atoms with Crippen molar-refractivity contribution in [3.63, 3.8) is 0 Å². The van der Waals surface area contributed by atoms with E-state index in [1.165, 1.54) is 109 Å². The summed E-state index contributed by atoms with van der Waals surface area (Å²) >= 11 is 0. The first-order chi connectivity index (χ1) is 40.1. The number of rotatable bonds is 62. The van der Waals surface area contributed by atoms with Gasteiger partial charge in [0.25, 0.3) is 0 Å². The standard InChI is InChI=1S/C65H126O17P2/c1-55(2)41-33-25-17-11-9-10-12-22-31-39-47-64(69)81-60(52-76-63(68)46-38-30-23-15-19-27-35-43-57(5)6)53-79-83(71,72)77-49-59(66)50-78-84(73,74)80-54-61(82-65(70)48-40-32-24-16-20-28-36-44-58(7)8)51-75-62(67)45-37-29-21-14-13-18-26-34-42-56(3)4/h55-61,66H,9-54H2,1-8H3,(H,71,72)(H,73,74)/t59?,60-,61-/m1/s1. The molecule has 0 aliphatic heterocycles. The van der Waals surface area contributed by atoms with Crippen molar-refractivity contribution in [3.8, 4) is 0 Å². The maximum atomic E-state index is 13.0. The lowest BCUT2D eigenvalue weighted by molar-refractivity contribution is -0.161. The molecule has 0 amide bonds. The summed E-state index contributed by atoms with van der Waals surface area (Å²) in [5.41, 5.74) is 0. The summed E-state index contributed by atoms with van der Waals surface area (Å²) < 4.78 is 68.0. The molecule has 0 fully saturated rings. The van der Waals surface area contributed by atoms with E-state index < -0.39 is 97.5 Å². The molecule has 0 aromatic carbocycles. The fourth-order valence-electron chi connectivity index (χ4n) is 9.61. The van der Waals surface area contributed by atoms with Gasteiger partial charge in [0, 0.05) is 25.7 Å². The first-order valence-electron chi connectivity index (χ1n) is 33.7. The van der Waals surface area contributed by atoms with Crippen LogP contribution in [0.1, 0.15) is 312 Å². The maximum absolute atomic E-state index is 13.0. The lowest BCUT2D eigenvalue weighted by Crippen LogP contribution is -2.30. The molecule has 5 atom stereocenters. The molecule has 0 radical (unpaired) electrons. The zero-order valence-electron chi connectivity index (χ0n) is 54.5. The summed E-state index contributed by atoms with van der Waals surface area (Å²) in [6, 6.07) is 0. The van der Waals surface area contributed by atoms with Gasteiger partial charge in [-0.15, -0.1) is 0 Å². The number of carbonyl (C=O) groups excluding carboxylic acids is 4. The first kappa shape index (κ1) is 82.1. The zero-order chi connectivity index (χ0) is 62.5. The molecule has 3 N–H and O–H groups in total. The van der Waals surface area contributed by atoms with Gasteiger partial charge in [0.05, 0.1) is 26.4 Å². The highest BCUT2D eigenvalue weighted by molar-refractivity contribution is 7.47. The Labute approximate surface area is 511 Å². The van der Waals surface area contributed by atoms with Crippen LogP contribution in [-0.4, -0.2) is 96.7 Å². The summed E-state index contributed by atoms with van der Waals surface area (Å²) in [6.45, 7) is 13.9. The van der Waals surface area contributed by atoms with Gasteiger partial charge in [0.2, 0.25) is 0 Å². The number of ether oxygens (including phenoxy) is 4. The van der Waals surface area contributed by atoms with E-state index in [9.17, 15) is 43.2 Å². The Balaban J connectivity index is 5.25. The first-order valence-corrected chi connectivity index (χ1v) is 36.7. The van der Waals surface area contributed by atoms with Gasteiger partial charge in [-0.2, -0.15) is 0 Å². The van der Waals surface area contributed by atoms with Crippen LogP contribution in [0.3, 0.4) is 0 Å².